The van der Waals surface area contributed by atoms with Crippen LogP contribution in [0.3, 0.4) is 0 Å². The van der Waals surface area contributed by atoms with Gasteiger partial charge in [-0.15, -0.1) is 0 Å². The number of ether oxygens (including phenoxy) is 1. The van der Waals surface area contributed by atoms with Gasteiger partial charge in [-0.2, -0.15) is 5.26 Å². The minimum Gasteiger partial charge on any atom is -0.507 e. The van der Waals surface area contributed by atoms with Crippen molar-refractivity contribution in [2.45, 2.75) is 19.3 Å². The highest BCUT2D eigenvalue weighted by Gasteiger charge is 2.19. The second-order valence-corrected chi connectivity index (χ2v) is 7.96. The first kappa shape index (κ1) is 22.2. The van der Waals surface area contributed by atoms with Crippen LogP contribution in [0.5, 0.6) is 11.5 Å². The van der Waals surface area contributed by atoms with Crippen molar-refractivity contribution >= 4 is 11.7 Å². The second-order valence-electron chi connectivity index (χ2n) is 7.96. The van der Waals surface area contributed by atoms with Crippen molar-refractivity contribution in [2.75, 3.05) is 32.1 Å². The Bertz CT molecular complexity index is 1190. The zero-order chi connectivity index (χ0) is 23.2. The van der Waals surface area contributed by atoms with Crippen molar-refractivity contribution in [3.05, 3.63) is 60.2 Å². The standard InChI is InChI=1S/C26H26N4O3/c1-33-21-9-10-24(31)22(16-21)23-14-20(19-7-5-18(17-27)6-8-19)15-25(29-23)28-11-3-13-30-12-2-4-26(30)32/h5-10,14-16,31H,2-4,11-13H2,1H3,(H,28,29). The van der Waals surface area contributed by atoms with Gasteiger partial charge in [-0.25, -0.2) is 4.98 Å². The first-order valence-electron chi connectivity index (χ1n) is 11.0. The van der Waals surface area contributed by atoms with Gasteiger partial charge in [0, 0.05) is 31.6 Å². The first-order valence-corrected chi connectivity index (χ1v) is 11.0. The largest absolute Gasteiger partial charge is 0.507 e. The van der Waals surface area contributed by atoms with E-state index in [9.17, 15) is 9.90 Å². The van der Waals surface area contributed by atoms with Crippen LogP contribution >= 0.6 is 0 Å². The van der Waals surface area contributed by atoms with Gasteiger partial charge in [-0.05, 0) is 66.4 Å². The molecule has 1 saturated heterocycles. The molecule has 0 unspecified atom stereocenters. The number of nitrogens with zero attached hydrogens (tertiary/aromatic N) is 3. The van der Waals surface area contributed by atoms with Gasteiger partial charge >= 0.3 is 0 Å². The molecule has 0 saturated carbocycles. The minimum atomic E-state index is 0.110. The fraction of sp³-hybridized carbons (Fsp3) is 0.269. The number of hydrogen-bond donors (Lipinski definition) is 2. The molecule has 168 valence electrons. The number of hydrogen-bond acceptors (Lipinski definition) is 6. The number of benzene rings is 2. The third kappa shape index (κ3) is 5.24. The van der Waals surface area contributed by atoms with Crippen LogP contribution in [0.25, 0.3) is 22.4 Å². The summed E-state index contributed by atoms with van der Waals surface area (Å²) in [5.41, 5.74) is 3.60. The molecule has 1 aliphatic rings. The van der Waals surface area contributed by atoms with Crippen LogP contribution < -0.4 is 10.1 Å². The highest BCUT2D eigenvalue weighted by molar-refractivity contribution is 5.78. The van der Waals surface area contributed by atoms with Gasteiger partial charge in [0.1, 0.15) is 17.3 Å². The fourth-order valence-corrected chi connectivity index (χ4v) is 3.94. The van der Waals surface area contributed by atoms with Crippen LogP contribution in [0.1, 0.15) is 24.8 Å². The number of rotatable bonds is 8. The average molecular weight is 443 g/mol. The highest BCUT2D eigenvalue weighted by atomic mass is 16.5. The van der Waals surface area contributed by atoms with E-state index in [2.05, 4.69) is 11.4 Å². The molecule has 0 aliphatic carbocycles. The van der Waals surface area contributed by atoms with Crippen LogP contribution in [0, 0.1) is 11.3 Å². The normalized spacial score (nSPS) is 13.1. The molecule has 0 radical (unpaired) electrons. The van der Waals surface area contributed by atoms with E-state index in [0.717, 1.165) is 37.1 Å². The van der Waals surface area contributed by atoms with Gasteiger partial charge in [0.2, 0.25) is 5.91 Å². The predicted molar refractivity (Wildman–Crippen MR) is 127 cm³/mol. The number of pyridine rings is 1. The van der Waals surface area contributed by atoms with E-state index in [4.69, 9.17) is 15.0 Å². The molecule has 7 heteroatoms. The number of amides is 1. The van der Waals surface area contributed by atoms with Gasteiger partial charge in [-0.1, -0.05) is 12.1 Å². The molecule has 3 aromatic rings. The van der Waals surface area contributed by atoms with Crippen molar-refractivity contribution in [1.29, 1.82) is 5.26 Å². The van der Waals surface area contributed by atoms with E-state index in [1.807, 2.05) is 29.2 Å². The molecule has 33 heavy (non-hydrogen) atoms. The van der Waals surface area contributed by atoms with E-state index in [0.29, 0.717) is 41.4 Å². The summed E-state index contributed by atoms with van der Waals surface area (Å²) in [5.74, 6) is 1.63. The molecule has 1 aliphatic heterocycles. The van der Waals surface area contributed by atoms with Crippen LogP contribution in [0.15, 0.2) is 54.6 Å². The van der Waals surface area contributed by atoms with Crippen molar-refractivity contribution in [3.63, 3.8) is 0 Å². The third-order valence-electron chi connectivity index (χ3n) is 5.73. The Morgan fingerprint density at radius 1 is 1.15 bits per heavy atom. The van der Waals surface area contributed by atoms with E-state index < -0.39 is 0 Å². The quantitative estimate of drug-likeness (QED) is 0.501. The van der Waals surface area contributed by atoms with Gasteiger partial charge in [0.25, 0.3) is 0 Å². The molecule has 4 rings (SSSR count). The lowest BCUT2D eigenvalue weighted by Crippen LogP contribution is -2.27. The summed E-state index contributed by atoms with van der Waals surface area (Å²) in [5, 5.41) is 22.9. The van der Waals surface area contributed by atoms with Crippen LogP contribution in [-0.4, -0.2) is 47.6 Å². The van der Waals surface area contributed by atoms with Crippen LogP contribution in [0.4, 0.5) is 5.82 Å². The highest BCUT2D eigenvalue weighted by Crippen LogP contribution is 2.35. The van der Waals surface area contributed by atoms with E-state index in [1.54, 1.807) is 37.4 Å². The number of nitriles is 1. The maximum absolute atomic E-state index is 11.8. The number of carbonyl (C=O) groups excluding carboxylic acids is 1. The van der Waals surface area contributed by atoms with E-state index >= 15 is 0 Å². The monoisotopic (exact) mass is 442 g/mol. The number of phenolic OH excluding ortho intramolecular Hbond substituents is 1. The minimum absolute atomic E-state index is 0.110. The van der Waals surface area contributed by atoms with Crippen molar-refractivity contribution in [3.8, 4) is 40.0 Å². The lowest BCUT2D eigenvalue weighted by Gasteiger charge is -2.16. The number of anilines is 1. The Morgan fingerprint density at radius 3 is 2.67 bits per heavy atom. The molecule has 1 aromatic heterocycles. The lowest BCUT2D eigenvalue weighted by molar-refractivity contribution is -0.127. The number of likely N-dealkylation sites (tertiary alicyclic amines) is 1. The number of aromatic hydroxyl groups is 1. The maximum Gasteiger partial charge on any atom is 0.222 e. The van der Waals surface area contributed by atoms with Gasteiger partial charge in [0.15, 0.2) is 0 Å². The first-order chi connectivity index (χ1) is 16.1. The molecule has 0 spiro atoms. The molecular formula is C26H26N4O3. The van der Waals surface area contributed by atoms with E-state index in [-0.39, 0.29) is 11.7 Å². The maximum atomic E-state index is 11.8. The SMILES string of the molecule is COc1ccc(O)c(-c2cc(-c3ccc(C#N)cc3)cc(NCCCN3CCCC3=O)n2)c1. The summed E-state index contributed by atoms with van der Waals surface area (Å²) >= 11 is 0. The van der Waals surface area contributed by atoms with Gasteiger partial charge in [0.05, 0.1) is 24.4 Å². The zero-order valence-corrected chi connectivity index (χ0v) is 18.5. The third-order valence-corrected chi connectivity index (χ3v) is 5.73. The number of aromatic nitrogens is 1. The smallest absolute Gasteiger partial charge is 0.222 e. The number of nitrogens with one attached hydrogen (secondary N) is 1. The van der Waals surface area contributed by atoms with Crippen molar-refractivity contribution < 1.29 is 14.6 Å². The Balaban J connectivity index is 1.61. The Labute approximate surface area is 193 Å². The average Bonchev–Trinajstić information content (AvgIpc) is 3.26. The lowest BCUT2D eigenvalue weighted by atomic mass is 10.0. The second kappa shape index (κ2) is 10.0. The fourth-order valence-electron chi connectivity index (χ4n) is 3.94. The Kier molecular flexibility index (Phi) is 6.75. The summed E-state index contributed by atoms with van der Waals surface area (Å²) in [6, 6.07) is 18.4. The van der Waals surface area contributed by atoms with Crippen LogP contribution in [0.2, 0.25) is 0 Å². The van der Waals surface area contributed by atoms with Crippen molar-refractivity contribution in [2.24, 2.45) is 0 Å². The molecule has 7 nitrogen and oxygen atoms in total. The molecule has 0 bridgehead atoms. The molecule has 1 fully saturated rings. The molecule has 0 atom stereocenters. The molecular weight excluding hydrogens is 416 g/mol. The summed E-state index contributed by atoms with van der Waals surface area (Å²) < 4.78 is 5.32. The Morgan fingerprint density at radius 2 is 1.97 bits per heavy atom. The number of phenols is 1. The van der Waals surface area contributed by atoms with Gasteiger partial charge in [-0.3, -0.25) is 4.79 Å². The topological polar surface area (TPSA) is 98.5 Å². The molecule has 2 N–H and O–H groups in total. The van der Waals surface area contributed by atoms with Crippen molar-refractivity contribution in [1.82, 2.24) is 9.88 Å². The summed E-state index contributed by atoms with van der Waals surface area (Å²) in [7, 11) is 1.58. The molecule has 2 aromatic carbocycles. The predicted octanol–water partition coefficient (Wildman–Crippen LogP) is 4.43. The van der Waals surface area contributed by atoms with E-state index in [1.165, 1.54) is 0 Å². The number of carbonyl (C=O) groups is 1. The summed E-state index contributed by atoms with van der Waals surface area (Å²) in [6.07, 6.45) is 2.40. The number of methoxy groups -OCH3 is 1. The summed E-state index contributed by atoms with van der Waals surface area (Å²) in [4.78, 5) is 18.4. The van der Waals surface area contributed by atoms with Crippen LogP contribution in [-0.2, 0) is 4.79 Å². The molecule has 2 heterocycles. The molecule has 1 amide bonds. The van der Waals surface area contributed by atoms with Gasteiger partial charge < -0.3 is 20.1 Å². The summed E-state index contributed by atoms with van der Waals surface area (Å²) in [6.45, 7) is 2.23. The zero-order valence-electron chi connectivity index (χ0n) is 18.5. The Hall–Kier alpha value is -4.05.